The van der Waals surface area contributed by atoms with Crippen LogP contribution < -0.4 is 16.0 Å². The maximum absolute atomic E-state index is 12.5. The van der Waals surface area contributed by atoms with Gasteiger partial charge in [0.05, 0.1) is 29.4 Å². The van der Waals surface area contributed by atoms with Crippen molar-refractivity contribution >= 4 is 22.7 Å². The van der Waals surface area contributed by atoms with E-state index in [-0.39, 0.29) is 11.9 Å². The summed E-state index contributed by atoms with van der Waals surface area (Å²) in [4.78, 5) is 20.5. The fourth-order valence-corrected chi connectivity index (χ4v) is 4.74. The van der Waals surface area contributed by atoms with E-state index in [0.717, 1.165) is 65.9 Å². The second-order valence-electron chi connectivity index (χ2n) is 8.79. The van der Waals surface area contributed by atoms with Crippen molar-refractivity contribution in [1.29, 1.82) is 0 Å². The van der Waals surface area contributed by atoms with E-state index in [1.165, 1.54) is 6.42 Å². The summed E-state index contributed by atoms with van der Waals surface area (Å²) >= 11 is 0. The summed E-state index contributed by atoms with van der Waals surface area (Å²) in [5, 5.41) is 14.5. The first-order valence-electron chi connectivity index (χ1n) is 11.6. The number of carbonyl (C=O) groups excluding carboxylic acids is 1. The average Bonchev–Trinajstić information content (AvgIpc) is 3.66. The number of carbonyl (C=O) groups is 1. The van der Waals surface area contributed by atoms with E-state index in [1.54, 1.807) is 0 Å². The molecular formula is C25H26N6O2. The first-order chi connectivity index (χ1) is 16.2. The lowest BCUT2D eigenvalue weighted by atomic mass is 10.0. The van der Waals surface area contributed by atoms with Gasteiger partial charge < -0.3 is 25.5 Å². The van der Waals surface area contributed by atoms with Crippen LogP contribution >= 0.6 is 0 Å². The molecule has 4 aromatic rings. The third-order valence-electron chi connectivity index (χ3n) is 6.60. The molecule has 4 N–H and O–H groups in total. The molecule has 2 aromatic heterocycles. The number of anilines is 1. The van der Waals surface area contributed by atoms with Gasteiger partial charge >= 0.3 is 0 Å². The van der Waals surface area contributed by atoms with Crippen molar-refractivity contribution in [2.75, 3.05) is 18.4 Å². The number of aromatic nitrogens is 3. The van der Waals surface area contributed by atoms with E-state index in [4.69, 9.17) is 4.52 Å². The number of aromatic amines is 1. The highest BCUT2D eigenvalue weighted by Crippen LogP contribution is 2.31. The predicted molar refractivity (Wildman–Crippen MR) is 127 cm³/mol. The molecule has 0 saturated carbocycles. The summed E-state index contributed by atoms with van der Waals surface area (Å²) in [7, 11) is 0. The zero-order valence-corrected chi connectivity index (χ0v) is 18.2. The van der Waals surface area contributed by atoms with Crippen LogP contribution in [-0.4, -0.2) is 40.2 Å². The van der Waals surface area contributed by atoms with Gasteiger partial charge in [-0.3, -0.25) is 4.79 Å². The number of H-pyrrole nitrogens is 1. The molecule has 4 heterocycles. The van der Waals surface area contributed by atoms with Gasteiger partial charge in [-0.2, -0.15) is 0 Å². The van der Waals surface area contributed by atoms with Crippen LogP contribution in [0.25, 0.3) is 33.4 Å². The maximum atomic E-state index is 12.5. The molecule has 0 aliphatic carbocycles. The van der Waals surface area contributed by atoms with Crippen LogP contribution in [0.4, 0.5) is 5.82 Å². The van der Waals surface area contributed by atoms with Gasteiger partial charge in [0.2, 0.25) is 5.91 Å². The standard InChI is InChI=1S/C25H26N6O2/c32-25(20-4-2-12-27-20)30-23-18-13-17(9-10-22(18)33-31-23)15-5-7-16(8-6-15)21-14-28-24(29-21)19-3-1-11-26-19/h5-10,13-14,19-20,26-27H,1-4,11-12H2,(H,28,29)(H,30,31,32)/t19-,20?/m0/s1. The summed E-state index contributed by atoms with van der Waals surface area (Å²) < 4.78 is 5.42. The van der Waals surface area contributed by atoms with E-state index < -0.39 is 0 Å². The van der Waals surface area contributed by atoms with E-state index in [2.05, 4.69) is 55.3 Å². The fraction of sp³-hybridized carbons (Fsp3) is 0.320. The molecule has 1 amide bonds. The van der Waals surface area contributed by atoms with Crippen molar-refractivity contribution in [3.8, 4) is 22.4 Å². The molecule has 0 bridgehead atoms. The molecule has 6 rings (SSSR count). The molecule has 8 heteroatoms. The Morgan fingerprint density at radius 3 is 2.55 bits per heavy atom. The summed E-state index contributed by atoms with van der Waals surface area (Å²) in [6, 6.07) is 14.5. The largest absolute Gasteiger partial charge is 0.354 e. The first-order valence-corrected chi connectivity index (χ1v) is 11.6. The molecule has 2 aliphatic rings. The van der Waals surface area contributed by atoms with Crippen LogP contribution in [-0.2, 0) is 4.79 Å². The fourth-order valence-electron chi connectivity index (χ4n) is 4.74. The number of hydrogen-bond donors (Lipinski definition) is 4. The van der Waals surface area contributed by atoms with Gasteiger partial charge in [-0.1, -0.05) is 35.5 Å². The van der Waals surface area contributed by atoms with E-state index in [0.29, 0.717) is 17.4 Å². The number of nitrogens with zero attached hydrogens (tertiary/aromatic N) is 2. The third-order valence-corrected chi connectivity index (χ3v) is 6.60. The Bertz CT molecular complexity index is 1280. The maximum Gasteiger partial charge on any atom is 0.242 e. The topological polar surface area (TPSA) is 108 Å². The molecule has 2 aliphatic heterocycles. The molecule has 1 unspecified atom stereocenters. The number of imidazole rings is 1. The van der Waals surface area contributed by atoms with Gasteiger partial charge in [-0.15, -0.1) is 0 Å². The molecule has 168 valence electrons. The van der Waals surface area contributed by atoms with Gasteiger partial charge in [0, 0.05) is 0 Å². The van der Waals surface area contributed by atoms with Crippen molar-refractivity contribution in [3.05, 3.63) is 54.5 Å². The van der Waals surface area contributed by atoms with Crippen molar-refractivity contribution in [2.24, 2.45) is 0 Å². The smallest absolute Gasteiger partial charge is 0.242 e. The Kier molecular flexibility index (Phi) is 5.16. The predicted octanol–water partition coefficient (Wildman–Crippen LogP) is 4.00. The second-order valence-corrected chi connectivity index (χ2v) is 8.79. The zero-order chi connectivity index (χ0) is 22.2. The average molecular weight is 443 g/mol. The molecule has 0 radical (unpaired) electrons. The van der Waals surface area contributed by atoms with Crippen LogP contribution in [0.15, 0.2) is 53.2 Å². The van der Waals surface area contributed by atoms with Gasteiger partial charge in [0.25, 0.3) is 0 Å². The highest BCUT2D eigenvalue weighted by atomic mass is 16.5. The molecule has 2 saturated heterocycles. The van der Waals surface area contributed by atoms with Crippen molar-refractivity contribution in [2.45, 2.75) is 37.8 Å². The number of amides is 1. The van der Waals surface area contributed by atoms with Crippen LogP contribution in [0, 0.1) is 0 Å². The highest BCUT2D eigenvalue weighted by molar-refractivity contribution is 6.02. The number of hydrogen-bond acceptors (Lipinski definition) is 6. The van der Waals surface area contributed by atoms with Crippen LogP contribution in [0.2, 0.25) is 0 Å². The van der Waals surface area contributed by atoms with Crippen LogP contribution in [0.5, 0.6) is 0 Å². The van der Waals surface area contributed by atoms with Crippen molar-refractivity contribution in [1.82, 2.24) is 25.8 Å². The number of fused-ring (bicyclic) bond motifs is 1. The van der Waals surface area contributed by atoms with E-state index >= 15 is 0 Å². The SMILES string of the molecule is O=C(Nc1noc2ccc(-c3ccc(-c4cnc([C@@H]5CCCN5)[nH]4)cc3)cc12)C1CCCN1. The number of rotatable bonds is 5. The highest BCUT2D eigenvalue weighted by Gasteiger charge is 2.24. The lowest BCUT2D eigenvalue weighted by molar-refractivity contribution is -0.117. The molecular weight excluding hydrogens is 416 g/mol. The number of benzene rings is 2. The van der Waals surface area contributed by atoms with Gasteiger partial charge in [-0.25, -0.2) is 4.98 Å². The lowest BCUT2D eigenvalue weighted by Crippen LogP contribution is -2.35. The van der Waals surface area contributed by atoms with E-state index in [9.17, 15) is 4.79 Å². The lowest BCUT2D eigenvalue weighted by Gasteiger charge is -2.09. The quantitative estimate of drug-likeness (QED) is 0.372. The summed E-state index contributed by atoms with van der Waals surface area (Å²) in [6.07, 6.45) is 6.07. The summed E-state index contributed by atoms with van der Waals surface area (Å²) in [5.41, 5.74) is 4.88. The van der Waals surface area contributed by atoms with Gasteiger partial charge in [0.15, 0.2) is 11.4 Å². The number of nitrogens with one attached hydrogen (secondary N) is 4. The van der Waals surface area contributed by atoms with Crippen LogP contribution in [0.3, 0.4) is 0 Å². The Morgan fingerprint density at radius 1 is 0.970 bits per heavy atom. The zero-order valence-electron chi connectivity index (χ0n) is 18.2. The Labute approximate surface area is 191 Å². The molecule has 2 aromatic carbocycles. The Hall–Kier alpha value is -3.49. The monoisotopic (exact) mass is 442 g/mol. The summed E-state index contributed by atoms with van der Waals surface area (Å²) in [5.74, 6) is 1.41. The van der Waals surface area contributed by atoms with Crippen molar-refractivity contribution in [3.63, 3.8) is 0 Å². The molecule has 33 heavy (non-hydrogen) atoms. The second kappa shape index (κ2) is 8.46. The van der Waals surface area contributed by atoms with Crippen LogP contribution in [0.1, 0.15) is 37.5 Å². The molecule has 0 spiro atoms. The molecule has 2 atom stereocenters. The minimum Gasteiger partial charge on any atom is -0.354 e. The summed E-state index contributed by atoms with van der Waals surface area (Å²) in [6.45, 7) is 1.92. The minimum absolute atomic E-state index is 0.0656. The Balaban J connectivity index is 1.23. The van der Waals surface area contributed by atoms with E-state index in [1.807, 2.05) is 24.4 Å². The normalized spacial score (nSPS) is 20.5. The first kappa shape index (κ1) is 20.1. The third kappa shape index (κ3) is 3.92. The molecule has 8 nitrogen and oxygen atoms in total. The van der Waals surface area contributed by atoms with Gasteiger partial charge in [-0.05, 0) is 67.6 Å². The Morgan fingerprint density at radius 2 is 1.76 bits per heavy atom. The van der Waals surface area contributed by atoms with Gasteiger partial charge in [0.1, 0.15) is 5.82 Å². The minimum atomic E-state index is -0.167. The van der Waals surface area contributed by atoms with Crippen molar-refractivity contribution < 1.29 is 9.32 Å². The molecule has 2 fully saturated rings.